The Bertz CT molecular complexity index is 1260. The van der Waals surface area contributed by atoms with Crippen molar-refractivity contribution in [1.29, 1.82) is 0 Å². The molecule has 0 aromatic rings. The first-order valence-electron chi connectivity index (χ1n) is 19.6. The Kier molecular flexibility index (Phi) is 11.9. The number of ketones is 1. The van der Waals surface area contributed by atoms with Crippen LogP contribution >= 0.6 is 0 Å². The summed E-state index contributed by atoms with van der Waals surface area (Å²) in [5.74, 6) is 1.50. The number of ether oxygens (including phenoxy) is 4. The van der Waals surface area contributed by atoms with Crippen molar-refractivity contribution in [2.45, 2.75) is 173 Å². The van der Waals surface area contributed by atoms with Crippen molar-refractivity contribution in [3.63, 3.8) is 0 Å². The summed E-state index contributed by atoms with van der Waals surface area (Å²) >= 11 is 0. The molecule has 0 unspecified atom stereocenters. The normalized spacial score (nSPS) is 49.9. The molecule has 6 rings (SSSR count). The molecule has 0 radical (unpaired) electrons. The van der Waals surface area contributed by atoms with Gasteiger partial charge in [-0.25, -0.2) is 0 Å². The number of hydrogen-bond acceptors (Lipinski definition) is 12. The monoisotopic (exact) mass is 724 g/mol. The van der Waals surface area contributed by atoms with Crippen LogP contribution in [-0.4, -0.2) is 122 Å². The number of aliphatic hydroxyl groups excluding tert-OH is 7. The molecule has 0 aromatic carbocycles. The van der Waals surface area contributed by atoms with E-state index < -0.39 is 80.2 Å². The molecule has 2 heterocycles. The van der Waals surface area contributed by atoms with E-state index in [2.05, 4.69) is 34.6 Å². The van der Waals surface area contributed by atoms with E-state index in [1.54, 1.807) is 0 Å². The van der Waals surface area contributed by atoms with E-state index >= 15 is 0 Å². The minimum Gasteiger partial charge on any atom is -0.394 e. The molecular formula is C39H64O12. The third-order valence-electron chi connectivity index (χ3n) is 14.5. The summed E-state index contributed by atoms with van der Waals surface area (Å²) < 4.78 is 24.8. The highest BCUT2D eigenvalue weighted by Crippen LogP contribution is 2.68. The third kappa shape index (κ3) is 7.14. The number of hydrogen-bond donors (Lipinski definition) is 7. The largest absolute Gasteiger partial charge is 0.394 e. The molecule has 0 aromatic heterocycles. The van der Waals surface area contributed by atoms with Gasteiger partial charge in [-0.1, -0.05) is 40.2 Å². The number of fused-ring (bicyclic) bond motifs is 5. The van der Waals surface area contributed by atoms with E-state index in [0.29, 0.717) is 37.0 Å². The maximum absolute atomic E-state index is 12.4. The van der Waals surface area contributed by atoms with Gasteiger partial charge in [-0.15, -0.1) is 0 Å². The molecule has 2 saturated heterocycles. The van der Waals surface area contributed by atoms with Crippen LogP contribution < -0.4 is 0 Å². The predicted octanol–water partition coefficient (Wildman–Crippen LogP) is 2.21. The number of allylic oxidation sites excluding steroid dienone is 1. The van der Waals surface area contributed by atoms with Crippen LogP contribution in [0.2, 0.25) is 0 Å². The van der Waals surface area contributed by atoms with Crippen LogP contribution in [0.3, 0.4) is 0 Å². The quantitative estimate of drug-likeness (QED) is 0.174. The summed E-state index contributed by atoms with van der Waals surface area (Å²) in [5.41, 5.74) is 1.08. The smallest absolute Gasteiger partial charge is 0.187 e. The second kappa shape index (κ2) is 15.2. The van der Waals surface area contributed by atoms with Gasteiger partial charge in [-0.3, -0.25) is 4.79 Å². The van der Waals surface area contributed by atoms with E-state index in [9.17, 15) is 40.5 Å². The Labute approximate surface area is 302 Å². The Morgan fingerprint density at radius 2 is 1.59 bits per heavy atom. The molecular weight excluding hydrogens is 660 g/mol. The number of carbonyl (C=O) groups is 1. The van der Waals surface area contributed by atoms with E-state index in [-0.39, 0.29) is 34.4 Å². The van der Waals surface area contributed by atoms with Crippen LogP contribution in [0.4, 0.5) is 0 Å². The summed E-state index contributed by atoms with van der Waals surface area (Å²) in [4.78, 5) is 12.4. The minimum atomic E-state index is -1.66. The fourth-order valence-corrected chi connectivity index (χ4v) is 11.4. The number of aliphatic hydroxyl groups is 7. The number of rotatable bonds is 10. The fourth-order valence-electron chi connectivity index (χ4n) is 11.4. The molecule has 12 heteroatoms. The highest BCUT2D eigenvalue weighted by molar-refractivity contribution is 5.91. The van der Waals surface area contributed by atoms with Gasteiger partial charge in [0.15, 0.2) is 18.4 Å². The second-order valence-electron chi connectivity index (χ2n) is 17.8. The first-order valence-corrected chi connectivity index (χ1v) is 19.6. The maximum Gasteiger partial charge on any atom is 0.187 e. The van der Waals surface area contributed by atoms with Crippen molar-refractivity contribution in [2.24, 2.45) is 46.3 Å². The molecule has 51 heavy (non-hydrogen) atoms. The first kappa shape index (κ1) is 39.7. The Hall–Kier alpha value is -1.03. The molecule has 4 aliphatic carbocycles. The lowest BCUT2D eigenvalue weighted by molar-refractivity contribution is -0.371. The van der Waals surface area contributed by atoms with E-state index in [4.69, 9.17) is 18.9 Å². The van der Waals surface area contributed by atoms with Crippen LogP contribution in [0.25, 0.3) is 0 Å². The van der Waals surface area contributed by atoms with Crippen LogP contribution in [-0.2, 0) is 23.7 Å². The van der Waals surface area contributed by atoms with Gasteiger partial charge in [-0.2, -0.15) is 0 Å². The molecule has 292 valence electrons. The van der Waals surface area contributed by atoms with Gasteiger partial charge in [0.2, 0.25) is 0 Å². The van der Waals surface area contributed by atoms with Crippen LogP contribution in [0.1, 0.15) is 99.3 Å². The molecule has 2 aliphatic heterocycles. The summed E-state index contributed by atoms with van der Waals surface area (Å²) in [7, 11) is 0. The van der Waals surface area contributed by atoms with Crippen LogP contribution in [0.15, 0.2) is 11.6 Å². The molecule has 0 bridgehead atoms. The summed E-state index contributed by atoms with van der Waals surface area (Å²) in [6.07, 6.45) is -5.60. The molecule has 19 atom stereocenters. The van der Waals surface area contributed by atoms with Crippen LogP contribution in [0, 0.1) is 46.3 Å². The average Bonchev–Trinajstić information content (AvgIpc) is 3.39. The van der Waals surface area contributed by atoms with E-state index in [1.165, 1.54) is 12.5 Å². The highest BCUT2D eigenvalue weighted by atomic mass is 16.8. The minimum absolute atomic E-state index is 0.0227. The topological polar surface area (TPSA) is 196 Å². The lowest BCUT2D eigenvalue weighted by Crippen LogP contribution is -2.64. The zero-order valence-corrected chi connectivity index (χ0v) is 31.2. The van der Waals surface area contributed by atoms with Crippen molar-refractivity contribution in [3.8, 4) is 0 Å². The van der Waals surface area contributed by atoms with Gasteiger partial charge in [0, 0.05) is 6.42 Å². The molecule has 0 spiro atoms. The van der Waals surface area contributed by atoms with Crippen molar-refractivity contribution in [2.75, 3.05) is 6.61 Å². The number of carbonyl (C=O) groups excluding carboxylic acids is 1. The summed E-state index contributed by atoms with van der Waals surface area (Å²) in [5, 5.41) is 75.6. The molecule has 12 nitrogen and oxygen atoms in total. The highest BCUT2D eigenvalue weighted by Gasteiger charge is 2.64. The summed E-state index contributed by atoms with van der Waals surface area (Å²) in [6, 6.07) is 0. The van der Waals surface area contributed by atoms with Gasteiger partial charge >= 0.3 is 0 Å². The average molecular weight is 725 g/mol. The summed E-state index contributed by atoms with van der Waals surface area (Å²) in [6.45, 7) is 12.0. The maximum atomic E-state index is 12.4. The zero-order chi connectivity index (χ0) is 37.2. The molecule has 6 aliphatic rings. The predicted molar refractivity (Wildman–Crippen MR) is 185 cm³/mol. The Morgan fingerprint density at radius 3 is 2.27 bits per heavy atom. The molecule has 7 N–H and O–H groups in total. The molecule has 5 fully saturated rings. The lowest BCUT2D eigenvalue weighted by atomic mass is 9.46. The fraction of sp³-hybridized carbons (Fsp3) is 0.923. The van der Waals surface area contributed by atoms with Gasteiger partial charge in [0.1, 0.15) is 42.7 Å². The van der Waals surface area contributed by atoms with Crippen molar-refractivity contribution < 1.29 is 59.5 Å². The second-order valence-corrected chi connectivity index (χ2v) is 17.8. The van der Waals surface area contributed by atoms with Gasteiger partial charge in [0.25, 0.3) is 0 Å². The zero-order valence-electron chi connectivity index (χ0n) is 31.2. The van der Waals surface area contributed by atoms with E-state index in [1.807, 2.05) is 6.08 Å². The molecule has 3 saturated carbocycles. The van der Waals surface area contributed by atoms with Crippen molar-refractivity contribution in [3.05, 3.63) is 11.6 Å². The van der Waals surface area contributed by atoms with Gasteiger partial charge in [-0.05, 0) is 111 Å². The SMILES string of the molecule is CC(C)CC[C@H](O)[C@@H](C)[C@H]1[C@@H](O[C@@H]2O[C@H](CO)[C@H](O)[C@H](O)[C@H]2O[C@@H]2O[C@@H](C)[C@H](O)[C@@H](O)[C@H]2O)C[C@H]2[C@@H]3CCC4=CC(=O)CC[C@]4(C)[C@H]3CC[C@]12C. The standard InChI is InChI=1S/C39H64O12/c1-18(2)7-10-26(42)19(3)29-27(16-25-23-9-8-21-15-22(41)11-13-38(21,5)24(23)12-14-39(25,29)6)49-37-35(33(46)31(44)28(17-40)50-37)51-36-34(47)32(45)30(43)20(4)48-36/h15,18-20,23-37,40,42-47H,7-14,16-17H2,1-6H3/t19-,20+,23-,24+,25+,26+,27+,28-,29+,30+,31+,32-,33+,34-,35-,36+,37-,38+,39+/m1/s1. The van der Waals surface area contributed by atoms with Gasteiger partial charge < -0.3 is 54.7 Å². The van der Waals surface area contributed by atoms with Crippen LogP contribution in [0.5, 0.6) is 0 Å². The van der Waals surface area contributed by atoms with E-state index in [0.717, 1.165) is 38.5 Å². The Morgan fingerprint density at radius 1 is 0.863 bits per heavy atom. The molecule has 0 amide bonds. The van der Waals surface area contributed by atoms with Gasteiger partial charge in [0.05, 0.1) is 24.9 Å². The first-order chi connectivity index (χ1) is 24.0. The van der Waals surface area contributed by atoms with Crippen molar-refractivity contribution in [1.82, 2.24) is 0 Å². The van der Waals surface area contributed by atoms with Crippen molar-refractivity contribution >= 4 is 5.78 Å². The lowest BCUT2D eigenvalue weighted by Gasteiger charge is -2.58. The Balaban J connectivity index is 1.32. The third-order valence-corrected chi connectivity index (χ3v) is 14.5.